The van der Waals surface area contributed by atoms with Crippen molar-refractivity contribution >= 4 is 51.9 Å². The van der Waals surface area contributed by atoms with Gasteiger partial charge in [-0.3, -0.25) is 14.5 Å². The summed E-state index contributed by atoms with van der Waals surface area (Å²) in [5, 5.41) is 2.22. The average Bonchev–Trinajstić information content (AvgIpc) is 2.95. The van der Waals surface area contributed by atoms with Crippen LogP contribution in [0.1, 0.15) is 18.1 Å². The normalized spacial score (nSPS) is 16.2. The quantitative estimate of drug-likeness (QED) is 0.472. The van der Waals surface area contributed by atoms with Crippen LogP contribution in [0, 0.1) is 0 Å². The van der Waals surface area contributed by atoms with Gasteiger partial charge in [0.2, 0.25) is 5.91 Å². The molecule has 4 nitrogen and oxygen atoms in total. The zero-order valence-corrected chi connectivity index (χ0v) is 17.9. The Labute approximate surface area is 186 Å². The van der Waals surface area contributed by atoms with Gasteiger partial charge in [0.15, 0.2) is 0 Å². The van der Waals surface area contributed by atoms with Gasteiger partial charge < -0.3 is 5.32 Å². The number of halogens is 3. The molecule has 0 spiro atoms. The van der Waals surface area contributed by atoms with Crippen LogP contribution in [0.3, 0.4) is 0 Å². The third-order valence-corrected chi connectivity index (χ3v) is 5.61. The second-order valence-corrected chi connectivity index (χ2v) is 8.33. The summed E-state index contributed by atoms with van der Waals surface area (Å²) in [7, 11) is 0. The van der Waals surface area contributed by atoms with Crippen molar-refractivity contribution < 1.29 is 22.8 Å². The Morgan fingerprint density at radius 2 is 1.77 bits per heavy atom. The number of hydrogen-bond donors (Lipinski definition) is 1. The van der Waals surface area contributed by atoms with Crippen LogP contribution < -0.4 is 5.32 Å². The van der Waals surface area contributed by atoms with Gasteiger partial charge >= 0.3 is 6.18 Å². The fourth-order valence-electron chi connectivity index (χ4n) is 2.87. The lowest BCUT2D eigenvalue weighted by molar-refractivity contribution is -0.137. The molecule has 1 heterocycles. The van der Waals surface area contributed by atoms with Crippen molar-refractivity contribution in [2.75, 3.05) is 11.9 Å². The number of allylic oxidation sites excluding steroid dienone is 2. The molecule has 1 aliphatic rings. The van der Waals surface area contributed by atoms with E-state index in [1.54, 1.807) is 6.08 Å². The summed E-state index contributed by atoms with van der Waals surface area (Å²) >= 11 is 6.24. The highest BCUT2D eigenvalue weighted by Gasteiger charge is 2.35. The maximum Gasteiger partial charge on any atom is 0.418 e. The number of carbonyl (C=O) groups is 2. The zero-order valence-electron chi connectivity index (χ0n) is 16.3. The van der Waals surface area contributed by atoms with E-state index >= 15 is 0 Å². The van der Waals surface area contributed by atoms with Gasteiger partial charge in [0.05, 0.1) is 16.2 Å². The standard InChI is InChI=1S/C22H17F3N2O2S2/c1-14(11-15-7-3-2-4-8-15)12-18-20(29)27(21(30)31-18)13-19(28)26-17-10-6-5-9-16(17)22(23,24)25/h2-12H,13H2,1H3,(H,26,28)/b14-11+,18-12+. The maximum atomic E-state index is 13.1. The van der Waals surface area contributed by atoms with Crippen molar-refractivity contribution in [1.29, 1.82) is 0 Å². The van der Waals surface area contributed by atoms with E-state index in [1.807, 2.05) is 43.3 Å². The molecule has 0 bridgehead atoms. The molecule has 1 fully saturated rings. The van der Waals surface area contributed by atoms with Crippen molar-refractivity contribution in [3.63, 3.8) is 0 Å². The molecule has 1 N–H and O–H groups in total. The van der Waals surface area contributed by atoms with Gasteiger partial charge in [0, 0.05) is 0 Å². The number of rotatable bonds is 5. The third kappa shape index (κ3) is 5.83. The largest absolute Gasteiger partial charge is 0.418 e. The highest BCUT2D eigenvalue weighted by molar-refractivity contribution is 8.26. The number of thiocarbonyl (C=S) groups is 1. The van der Waals surface area contributed by atoms with Crippen LogP contribution in [-0.2, 0) is 15.8 Å². The molecule has 31 heavy (non-hydrogen) atoms. The maximum absolute atomic E-state index is 13.1. The van der Waals surface area contributed by atoms with Gasteiger partial charge in [-0.15, -0.1) is 0 Å². The molecule has 2 aromatic carbocycles. The van der Waals surface area contributed by atoms with Gasteiger partial charge in [0.25, 0.3) is 5.91 Å². The number of carbonyl (C=O) groups excluding carboxylic acids is 2. The number of amides is 2. The van der Waals surface area contributed by atoms with Crippen LogP contribution in [-0.4, -0.2) is 27.6 Å². The first-order valence-corrected chi connectivity index (χ1v) is 10.3. The lowest BCUT2D eigenvalue weighted by Crippen LogP contribution is -2.36. The third-order valence-electron chi connectivity index (χ3n) is 4.23. The average molecular weight is 463 g/mol. The molecular weight excluding hydrogens is 445 g/mol. The Kier molecular flexibility index (Phi) is 6.97. The Morgan fingerprint density at radius 3 is 2.45 bits per heavy atom. The Balaban J connectivity index is 1.71. The second-order valence-electron chi connectivity index (χ2n) is 6.66. The van der Waals surface area contributed by atoms with Crippen LogP contribution in [0.25, 0.3) is 6.08 Å². The number of para-hydroxylation sites is 1. The molecular formula is C22H17F3N2O2S2. The monoisotopic (exact) mass is 462 g/mol. The zero-order chi connectivity index (χ0) is 22.6. The van der Waals surface area contributed by atoms with Gasteiger partial charge in [-0.1, -0.05) is 72.5 Å². The summed E-state index contributed by atoms with van der Waals surface area (Å²) < 4.78 is 39.5. The molecule has 0 atom stereocenters. The van der Waals surface area contributed by atoms with Crippen LogP contribution >= 0.6 is 24.0 Å². The lowest BCUT2D eigenvalue weighted by Gasteiger charge is -2.16. The Bertz CT molecular complexity index is 1080. The van der Waals surface area contributed by atoms with Crippen molar-refractivity contribution in [3.05, 3.63) is 82.3 Å². The number of anilines is 1. The van der Waals surface area contributed by atoms with E-state index in [-0.39, 0.29) is 10.0 Å². The minimum Gasteiger partial charge on any atom is -0.324 e. The molecule has 0 saturated carbocycles. The molecule has 2 amide bonds. The van der Waals surface area contributed by atoms with Crippen molar-refractivity contribution in [1.82, 2.24) is 4.90 Å². The number of nitrogens with zero attached hydrogens (tertiary/aromatic N) is 1. The number of benzene rings is 2. The van der Waals surface area contributed by atoms with Crippen LogP contribution in [0.2, 0.25) is 0 Å². The lowest BCUT2D eigenvalue weighted by atomic mass is 10.1. The minimum atomic E-state index is -4.61. The molecule has 0 aromatic heterocycles. The first-order valence-electron chi connectivity index (χ1n) is 9.10. The van der Waals surface area contributed by atoms with E-state index in [0.29, 0.717) is 4.91 Å². The fraction of sp³-hybridized carbons (Fsp3) is 0.136. The van der Waals surface area contributed by atoms with Crippen LogP contribution in [0.5, 0.6) is 0 Å². The Morgan fingerprint density at radius 1 is 1.13 bits per heavy atom. The van der Waals surface area contributed by atoms with Crippen molar-refractivity contribution in [2.45, 2.75) is 13.1 Å². The van der Waals surface area contributed by atoms with Crippen LogP contribution in [0.4, 0.5) is 18.9 Å². The summed E-state index contributed by atoms with van der Waals surface area (Å²) in [5.41, 5.74) is 0.447. The summed E-state index contributed by atoms with van der Waals surface area (Å²) in [6.45, 7) is 1.36. The smallest absolute Gasteiger partial charge is 0.324 e. The summed E-state index contributed by atoms with van der Waals surface area (Å²) in [6, 6.07) is 14.2. The number of thioether (sulfide) groups is 1. The molecule has 2 aromatic rings. The molecule has 1 aliphatic heterocycles. The molecule has 160 valence electrons. The number of alkyl halides is 3. The fourth-order valence-corrected chi connectivity index (χ4v) is 4.17. The van der Waals surface area contributed by atoms with E-state index in [9.17, 15) is 22.8 Å². The van der Waals surface area contributed by atoms with E-state index in [0.717, 1.165) is 39.9 Å². The minimum absolute atomic E-state index is 0.169. The predicted molar refractivity (Wildman–Crippen MR) is 120 cm³/mol. The van der Waals surface area contributed by atoms with Gasteiger partial charge in [0.1, 0.15) is 10.9 Å². The van der Waals surface area contributed by atoms with E-state index < -0.39 is 30.1 Å². The second kappa shape index (κ2) is 9.49. The first kappa shape index (κ1) is 22.8. The van der Waals surface area contributed by atoms with Crippen LogP contribution in [0.15, 0.2) is 71.2 Å². The number of nitrogens with one attached hydrogen (secondary N) is 1. The van der Waals surface area contributed by atoms with Gasteiger partial charge in [-0.2, -0.15) is 13.2 Å². The van der Waals surface area contributed by atoms with Gasteiger partial charge in [-0.05, 0) is 36.3 Å². The van der Waals surface area contributed by atoms with Crippen molar-refractivity contribution in [3.8, 4) is 0 Å². The molecule has 0 unspecified atom stereocenters. The van der Waals surface area contributed by atoms with E-state index in [1.165, 1.54) is 12.1 Å². The molecule has 1 saturated heterocycles. The van der Waals surface area contributed by atoms with Crippen molar-refractivity contribution in [2.24, 2.45) is 0 Å². The summed E-state index contributed by atoms with van der Waals surface area (Å²) in [5.74, 6) is -1.24. The molecule has 9 heteroatoms. The highest BCUT2D eigenvalue weighted by atomic mass is 32.2. The molecule has 0 aliphatic carbocycles. The summed E-state index contributed by atoms with van der Waals surface area (Å²) in [6.07, 6.45) is -1.05. The highest BCUT2D eigenvalue weighted by Crippen LogP contribution is 2.35. The van der Waals surface area contributed by atoms with Gasteiger partial charge in [-0.25, -0.2) is 0 Å². The summed E-state index contributed by atoms with van der Waals surface area (Å²) in [4.78, 5) is 26.4. The predicted octanol–water partition coefficient (Wildman–Crippen LogP) is 5.49. The van der Waals surface area contributed by atoms with E-state index in [2.05, 4.69) is 5.32 Å². The molecule has 0 radical (unpaired) electrons. The molecule has 3 rings (SSSR count). The Hall–Kier alpha value is -2.91. The SMILES string of the molecule is CC(=C\c1ccccc1)/C=C1/SC(=S)N(CC(=O)Nc2ccccc2C(F)(F)F)C1=O. The van der Waals surface area contributed by atoms with E-state index in [4.69, 9.17) is 12.2 Å². The number of hydrogen-bond acceptors (Lipinski definition) is 4. The first-order chi connectivity index (χ1) is 14.6. The topological polar surface area (TPSA) is 49.4 Å².